The summed E-state index contributed by atoms with van der Waals surface area (Å²) in [4.78, 5) is 21.8. The first-order chi connectivity index (χ1) is 9.06. The van der Waals surface area contributed by atoms with Gasteiger partial charge < -0.3 is 10.4 Å². The minimum atomic E-state index is -0.929. The van der Waals surface area contributed by atoms with Crippen LogP contribution in [0.1, 0.15) is 17.9 Å². The summed E-state index contributed by atoms with van der Waals surface area (Å²) in [5.41, 5.74) is 0.892. The van der Waals surface area contributed by atoms with Crippen molar-refractivity contribution in [2.75, 3.05) is 11.5 Å². The van der Waals surface area contributed by atoms with Crippen molar-refractivity contribution in [1.82, 2.24) is 5.32 Å². The number of carbonyl (C=O) groups is 2. The third-order valence-corrected chi connectivity index (χ3v) is 3.79. The third-order valence-electron chi connectivity index (χ3n) is 2.87. The first kappa shape index (κ1) is 13.9. The summed E-state index contributed by atoms with van der Waals surface area (Å²) in [7, 11) is 0. The van der Waals surface area contributed by atoms with Crippen LogP contribution in [0.15, 0.2) is 24.3 Å². The summed E-state index contributed by atoms with van der Waals surface area (Å²) in [5, 5.41) is 11.3. The second-order valence-corrected chi connectivity index (χ2v) is 5.44. The molecule has 2 rings (SSSR count). The number of carbonyl (C=O) groups excluding carboxylic acids is 1. The lowest BCUT2D eigenvalue weighted by Gasteiger charge is -2.04. The molecule has 0 radical (unpaired) electrons. The van der Waals surface area contributed by atoms with E-state index < -0.39 is 5.97 Å². The minimum Gasteiger partial charge on any atom is -0.481 e. The molecule has 4 nitrogen and oxygen atoms in total. The van der Waals surface area contributed by atoms with Crippen LogP contribution in [-0.2, 0) is 9.59 Å². The number of hydrogen-bond donors (Lipinski definition) is 2. The molecule has 19 heavy (non-hydrogen) atoms. The SMILES string of the molecule is O=C(O)CSCC(=O)NC1CC1c1cccc(F)c1. The van der Waals surface area contributed by atoms with Crippen LogP contribution in [0.3, 0.4) is 0 Å². The molecule has 1 amide bonds. The van der Waals surface area contributed by atoms with E-state index >= 15 is 0 Å². The van der Waals surface area contributed by atoms with Crippen molar-refractivity contribution >= 4 is 23.6 Å². The Morgan fingerprint density at radius 1 is 1.42 bits per heavy atom. The van der Waals surface area contributed by atoms with Crippen molar-refractivity contribution in [3.05, 3.63) is 35.6 Å². The fraction of sp³-hybridized carbons (Fsp3) is 0.385. The molecule has 0 spiro atoms. The van der Waals surface area contributed by atoms with E-state index in [1.54, 1.807) is 6.07 Å². The van der Waals surface area contributed by atoms with E-state index in [1.807, 2.05) is 6.07 Å². The van der Waals surface area contributed by atoms with Crippen molar-refractivity contribution in [3.63, 3.8) is 0 Å². The summed E-state index contributed by atoms with van der Waals surface area (Å²) >= 11 is 1.07. The Bertz CT molecular complexity index is 495. The summed E-state index contributed by atoms with van der Waals surface area (Å²) in [6, 6.07) is 6.42. The molecular weight excluding hydrogens is 269 g/mol. The van der Waals surface area contributed by atoms with Gasteiger partial charge in [-0.2, -0.15) is 0 Å². The van der Waals surface area contributed by atoms with Gasteiger partial charge in [0.2, 0.25) is 5.91 Å². The molecule has 0 bridgehead atoms. The Morgan fingerprint density at radius 3 is 2.89 bits per heavy atom. The van der Waals surface area contributed by atoms with Crippen molar-refractivity contribution in [2.24, 2.45) is 0 Å². The fourth-order valence-corrected chi connectivity index (χ4v) is 2.49. The van der Waals surface area contributed by atoms with Crippen LogP contribution in [0.4, 0.5) is 4.39 Å². The Kier molecular flexibility index (Phi) is 4.42. The van der Waals surface area contributed by atoms with Gasteiger partial charge in [-0.25, -0.2) is 4.39 Å². The summed E-state index contributed by atoms with van der Waals surface area (Å²) in [5.74, 6) is -1.14. The second-order valence-electron chi connectivity index (χ2n) is 4.46. The normalized spacial score (nSPS) is 20.9. The van der Waals surface area contributed by atoms with Crippen LogP contribution in [0.2, 0.25) is 0 Å². The molecule has 2 unspecified atom stereocenters. The highest BCUT2D eigenvalue weighted by Gasteiger charge is 2.39. The van der Waals surface area contributed by atoms with E-state index in [-0.39, 0.29) is 35.2 Å². The molecule has 0 aromatic heterocycles. The van der Waals surface area contributed by atoms with Crippen LogP contribution < -0.4 is 5.32 Å². The highest BCUT2D eigenvalue weighted by Crippen LogP contribution is 2.40. The van der Waals surface area contributed by atoms with Crippen molar-refractivity contribution < 1.29 is 19.1 Å². The standard InChI is InChI=1S/C13H14FNO3S/c14-9-3-1-2-8(4-9)10-5-11(10)15-12(16)6-19-7-13(17)18/h1-4,10-11H,5-7H2,(H,15,16)(H,17,18). The van der Waals surface area contributed by atoms with Gasteiger partial charge in [0.05, 0.1) is 11.5 Å². The largest absolute Gasteiger partial charge is 0.481 e. The zero-order chi connectivity index (χ0) is 13.8. The van der Waals surface area contributed by atoms with E-state index in [1.165, 1.54) is 12.1 Å². The van der Waals surface area contributed by atoms with E-state index in [4.69, 9.17) is 5.11 Å². The van der Waals surface area contributed by atoms with Gasteiger partial charge in [0, 0.05) is 12.0 Å². The number of hydrogen-bond acceptors (Lipinski definition) is 3. The van der Waals surface area contributed by atoms with E-state index in [2.05, 4.69) is 5.32 Å². The summed E-state index contributed by atoms with van der Waals surface area (Å²) in [6.45, 7) is 0. The second kappa shape index (κ2) is 6.06. The Morgan fingerprint density at radius 2 is 2.21 bits per heavy atom. The van der Waals surface area contributed by atoms with Gasteiger partial charge in [-0.05, 0) is 24.1 Å². The number of carboxylic acids is 1. The maximum absolute atomic E-state index is 13.0. The predicted molar refractivity (Wildman–Crippen MR) is 70.6 cm³/mol. The number of benzene rings is 1. The molecule has 1 aromatic carbocycles. The van der Waals surface area contributed by atoms with Crippen LogP contribution in [0.5, 0.6) is 0 Å². The summed E-state index contributed by atoms with van der Waals surface area (Å²) in [6.07, 6.45) is 0.804. The van der Waals surface area contributed by atoms with E-state index in [0.717, 1.165) is 23.7 Å². The number of carboxylic acid groups (broad SMARTS) is 1. The molecule has 102 valence electrons. The molecule has 1 aliphatic carbocycles. The molecular formula is C13H14FNO3S. The van der Waals surface area contributed by atoms with Gasteiger partial charge in [-0.1, -0.05) is 12.1 Å². The van der Waals surface area contributed by atoms with Gasteiger partial charge in [0.1, 0.15) is 5.82 Å². The molecule has 0 saturated heterocycles. The molecule has 0 heterocycles. The van der Waals surface area contributed by atoms with Gasteiger partial charge >= 0.3 is 5.97 Å². The highest BCUT2D eigenvalue weighted by molar-refractivity contribution is 8.00. The fourth-order valence-electron chi connectivity index (χ4n) is 1.94. The Labute approximate surface area is 114 Å². The minimum absolute atomic E-state index is 0.0414. The number of nitrogens with one attached hydrogen (secondary N) is 1. The summed E-state index contributed by atoms with van der Waals surface area (Å²) < 4.78 is 13.0. The van der Waals surface area contributed by atoms with Crippen LogP contribution in [-0.4, -0.2) is 34.5 Å². The average molecular weight is 283 g/mol. The first-order valence-corrected chi connectivity index (χ1v) is 7.06. The number of amides is 1. The van der Waals surface area contributed by atoms with Crippen molar-refractivity contribution in [1.29, 1.82) is 0 Å². The van der Waals surface area contributed by atoms with E-state index in [0.29, 0.717) is 0 Å². The highest BCUT2D eigenvalue weighted by atomic mass is 32.2. The van der Waals surface area contributed by atoms with E-state index in [9.17, 15) is 14.0 Å². The van der Waals surface area contributed by atoms with Crippen LogP contribution >= 0.6 is 11.8 Å². The van der Waals surface area contributed by atoms with Gasteiger partial charge in [0.15, 0.2) is 0 Å². The van der Waals surface area contributed by atoms with Crippen molar-refractivity contribution in [3.8, 4) is 0 Å². The third kappa shape index (κ3) is 4.24. The number of thioether (sulfide) groups is 1. The van der Waals surface area contributed by atoms with Crippen molar-refractivity contribution in [2.45, 2.75) is 18.4 Å². The van der Waals surface area contributed by atoms with Crippen LogP contribution in [0, 0.1) is 5.82 Å². The lowest BCUT2D eigenvalue weighted by Crippen LogP contribution is -2.28. The zero-order valence-electron chi connectivity index (χ0n) is 10.1. The lowest BCUT2D eigenvalue weighted by molar-refractivity contribution is -0.133. The molecule has 6 heteroatoms. The zero-order valence-corrected chi connectivity index (χ0v) is 11.0. The lowest BCUT2D eigenvalue weighted by atomic mass is 10.1. The Hall–Kier alpha value is -1.56. The molecule has 2 atom stereocenters. The predicted octanol–water partition coefficient (Wildman–Crippen LogP) is 1.62. The number of rotatable bonds is 6. The van der Waals surface area contributed by atoms with Gasteiger partial charge in [-0.3, -0.25) is 9.59 Å². The molecule has 1 aliphatic rings. The maximum atomic E-state index is 13.0. The monoisotopic (exact) mass is 283 g/mol. The quantitative estimate of drug-likeness (QED) is 0.832. The molecule has 1 saturated carbocycles. The first-order valence-electron chi connectivity index (χ1n) is 5.90. The number of aliphatic carboxylic acids is 1. The topological polar surface area (TPSA) is 66.4 Å². The average Bonchev–Trinajstić information content (AvgIpc) is 3.07. The molecule has 1 fully saturated rings. The number of halogens is 1. The Balaban J connectivity index is 1.74. The molecule has 0 aliphatic heterocycles. The van der Waals surface area contributed by atoms with Crippen LogP contribution in [0.25, 0.3) is 0 Å². The molecule has 1 aromatic rings. The van der Waals surface area contributed by atoms with Gasteiger partial charge in [0.25, 0.3) is 0 Å². The maximum Gasteiger partial charge on any atom is 0.313 e. The molecule has 2 N–H and O–H groups in total. The van der Waals surface area contributed by atoms with Gasteiger partial charge in [-0.15, -0.1) is 11.8 Å². The smallest absolute Gasteiger partial charge is 0.313 e.